The molecule has 24 heavy (non-hydrogen) atoms. The van der Waals surface area contributed by atoms with Crippen molar-refractivity contribution in [3.8, 4) is 11.1 Å². The Morgan fingerprint density at radius 1 is 0.625 bits per heavy atom. The zero-order chi connectivity index (χ0) is 16.6. The normalized spacial score (nSPS) is 11.0. The van der Waals surface area contributed by atoms with Gasteiger partial charge in [-0.25, -0.2) is 0 Å². The number of hydrogen-bond donors (Lipinski definition) is 0. The molecule has 0 nitrogen and oxygen atoms in total. The summed E-state index contributed by atoms with van der Waals surface area (Å²) in [5.74, 6) is 0. The lowest BCUT2D eigenvalue weighted by Gasteiger charge is -2.12. The van der Waals surface area contributed by atoms with E-state index in [9.17, 15) is 0 Å². The predicted octanol–water partition coefficient (Wildman–Crippen LogP) is 7.41. The highest BCUT2D eigenvalue weighted by Crippen LogP contribution is 2.30. The van der Waals surface area contributed by atoms with Crippen LogP contribution in [0.25, 0.3) is 21.9 Å². The summed E-state index contributed by atoms with van der Waals surface area (Å²) < 4.78 is 0. The highest BCUT2D eigenvalue weighted by molar-refractivity contribution is 5.89. The Morgan fingerprint density at radius 2 is 1.25 bits per heavy atom. The van der Waals surface area contributed by atoms with Crippen LogP contribution in [0.4, 0.5) is 0 Å². The van der Waals surface area contributed by atoms with Crippen molar-refractivity contribution in [3.63, 3.8) is 0 Å². The van der Waals surface area contributed by atoms with Crippen molar-refractivity contribution in [2.24, 2.45) is 0 Å². The van der Waals surface area contributed by atoms with E-state index in [0.717, 1.165) is 0 Å². The lowest BCUT2D eigenvalue weighted by Crippen LogP contribution is -1.92. The van der Waals surface area contributed by atoms with Crippen LogP contribution in [0.5, 0.6) is 0 Å². The molecule has 0 atom stereocenters. The second-order valence-corrected chi connectivity index (χ2v) is 6.74. The van der Waals surface area contributed by atoms with Crippen LogP contribution in [0.3, 0.4) is 0 Å². The molecular formula is C24H28. The molecular weight excluding hydrogens is 288 g/mol. The van der Waals surface area contributed by atoms with E-state index in [2.05, 4.69) is 73.7 Å². The molecule has 0 N–H and O–H groups in total. The van der Waals surface area contributed by atoms with Gasteiger partial charge < -0.3 is 0 Å². The first kappa shape index (κ1) is 16.8. The van der Waals surface area contributed by atoms with Crippen molar-refractivity contribution in [3.05, 3.63) is 72.3 Å². The fourth-order valence-electron chi connectivity index (χ4n) is 3.48. The number of fused-ring (bicyclic) bond motifs is 1. The number of rotatable bonds is 8. The predicted molar refractivity (Wildman–Crippen MR) is 106 cm³/mol. The molecule has 0 unspecified atom stereocenters. The third-order valence-electron chi connectivity index (χ3n) is 4.86. The number of benzene rings is 3. The summed E-state index contributed by atoms with van der Waals surface area (Å²) in [7, 11) is 0. The monoisotopic (exact) mass is 316 g/mol. The lowest BCUT2D eigenvalue weighted by molar-refractivity contribution is 0.608. The van der Waals surface area contributed by atoms with Gasteiger partial charge in [-0.2, -0.15) is 0 Å². The van der Waals surface area contributed by atoms with Crippen molar-refractivity contribution in [1.29, 1.82) is 0 Å². The first-order valence-electron chi connectivity index (χ1n) is 9.45. The number of unbranched alkanes of at least 4 members (excludes halogenated alkanes) is 5. The molecule has 0 aromatic heterocycles. The van der Waals surface area contributed by atoms with Crippen molar-refractivity contribution in [2.75, 3.05) is 0 Å². The zero-order valence-corrected chi connectivity index (χ0v) is 14.8. The van der Waals surface area contributed by atoms with Crippen LogP contribution in [0.1, 0.15) is 51.0 Å². The molecule has 0 radical (unpaired) electrons. The fraction of sp³-hybridized carbons (Fsp3) is 0.333. The first-order chi connectivity index (χ1) is 11.9. The average Bonchev–Trinajstić information content (AvgIpc) is 2.64. The molecule has 0 saturated heterocycles. The summed E-state index contributed by atoms with van der Waals surface area (Å²) in [6.45, 7) is 2.28. The summed E-state index contributed by atoms with van der Waals surface area (Å²) in [6.07, 6.45) is 9.29. The number of hydrogen-bond acceptors (Lipinski definition) is 0. The third-order valence-corrected chi connectivity index (χ3v) is 4.86. The Balaban J connectivity index is 1.81. The maximum atomic E-state index is 2.41. The van der Waals surface area contributed by atoms with Gasteiger partial charge in [0.05, 0.1) is 0 Å². The molecule has 0 spiro atoms. The second-order valence-electron chi connectivity index (χ2n) is 6.74. The van der Waals surface area contributed by atoms with Gasteiger partial charge in [0.15, 0.2) is 0 Å². The standard InChI is InChI=1S/C24H28/c1-2-3-4-5-6-8-17-23-18-21-15-11-12-16-22(21)19-24(23)20-13-9-7-10-14-20/h7,9-16,18-19H,2-6,8,17H2,1H3. The molecule has 0 saturated carbocycles. The van der Waals surface area contributed by atoms with E-state index in [1.165, 1.54) is 72.4 Å². The topological polar surface area (TPSA) is 0 Å². The summed E-state index contributed by atoms with van der Waals surface area (Å²) in [6, 6.07) is 24.3. The molecule has 0 amide bonds. The Hall–Kier alpha value is -2.08. The van der Waals surface area contributed by atoms with Crippen molar-refractivity contribution in [1.82, 2.24) is 0 Å². The molecule has 124 valence electrons. The SMILES string of the molecule is CCCCCCCCc1cc2ccccc2cc1-c1ccccc1. The third kappa shape index (κ3) is 4.26. The van der Waals surface area contributed by atoms with E-state index in [1.54, 1.807) is 0 Å². The van der Waals surface area contributed by atoms with E-state index in [1.807, 2.05) is 0 Å². The van der Waals surface area contributed by atoms with Crippen LogP contribution in [-0.2, 0) is 6.42 Å². The maximum absolute atomic E-state index is 2.41. The Kier molecular flexibility index (Phi) is 6.07. The minimum atomic E-state index is 1.18. The molecule has 0 fully saturated rings. The maximum Gasteiger partial charge on any atom is -0.0146 e. The summed E-state index contributed by atoms with van der Waals surface area (Å²) in [4.78, 5) is 0. The van der Waals surface area contributed by atoms with Gasteiger partial charge in [0.1, 0.15) is 0 Å². The van der Waals surface area contributed by atoms with Crippen LogP contribution in [0, 0.1) is 0 Å². The molecule has 3 aromatic rings. The van der Waals surface area contributed by atoms with Gasteiger partial charge in [-0.3, -0.25) is 0 Å². The zero-order valence-electron chi connectivity index (χ0n) is 14.8. The minimum Gasteiger partial charge on any atom is -0.0654 e. The molecule has 3 rings (SSSR count). The van der Waals surface area contributed by atoms with E-state index in [0.29, 0.717) is 0 Å². The highest BCUT2D eigenvalue weighted by atomic mass is 14.1. The molecule has 3 aromatic carbocycles. The quantitative estimate of drug-likeness (QED) is 0.379. The van der Waals surface area contributed by atoms with Gasteiger partial charge in [-0.1, -0.05) is 99.7 Å². The fourth-order valence-corrected chi connectivity index (χ4v) is 3.48. The highest BCUT2D eigenvalue weighted by Gasteiger charge is 2.07. The van der Waals surface area contributed by atoms with Crippen molar-refractivity contribution < 1.29 is 0 Å². The first-order valence-corrected chi connectivity index (χ1v) is 9.45. The Morgan fingerprint density at radius 3 is 2.00 bits per heavy atom. The molecule has 0 heteroatoms. The van der Waals surface area contributed by atoms with Crippen LogP contribution < -0.4 is 0 Å². The van der Waals surface area contributed by atoms with E-state index in [4.69, 9.17) is 0 Å². The van der Waals surface area contributed by atoms with E-state index < -0.39 is 0 Å². The van der Waals surface area contributed by atoms with Crippen LogP contribution in [0.15, 0.2) is 66.7 Å². The smallest absolute Gasteiger partial charge is 0.0146 e. The minimum absolute atomic E-state index is 1.18. The average molecular weight is 316 g/mol. The van der Waals surface area contributed by atoms with Gasteiger partial charge >= 0.3 is 0 Å². The molecule has 0 aliphatic carbocycles. The summed E-state index contributed by atoms with van der Waals surface area (Å²) in [5.41, 5.74) is 4.24. The number of aryl methyl sites for hydroxylation is 1. The molecule has 0 aliphatic rings. The van der Waals surface area contributed by atoms with Crippen molar-refractivity contribution >= 4 is 10.8 Å². The van der Waals surface area contributed by atoms with E-state index in [-0.39, 0.29) is 0 Å². The van der Waals surface area contributed by atoms with Crippen molar-refractivity contribution in [2.45, 2.75) is 51.9 Å². The van der Waals surface area contributed by atoms with Gasteiger partial charge in [0.25, 0.3) is 0 Å². The van der Waals surface area contributed by atoms with Gasteiger partial charge in [0, 0.05) is 0 Å². The summed E-state index contributed by atoms with van der Waals surface area (Å²) in [5, 5.41) is 2.70. The molecule has 0 aliphatic heterocycles. The van der Waals surface area contributed by atoms with Crippen LogP contribution in [-0.4, -0.2) is 0 Å². The van der Waals surface area contributed by atoms with Crippen LogP contribution in [0.2, 0.25) is 0 Å². The summed E-state index contributed by atoms with van der Waals surface area (Å²) >= 11 is 0. The van der Waals surface area contributed by atoms with Crippen LogP contribution >= 0.6 is 0 Å². The van der Waals surface area contributed by atoms with E-state index >= 15 is 0 Å². The van der Waals surface area contributed by atoms with Gasteiger partial charge in [-0.05, 0) is 46.4 Å². The molecule has 0 heterocycles. The van der Waals surface area contributed by atoms with Gasteiger partial charge in [0.2, 0.25) is 0 Å². The second kappa shape index (κ2) is 8.68. The Bertz CT molecular complexity index is 755. The molecule has 0 bridgehead atoms. The van der Waals surface area contributed by atoms with Gasteiger partial charge in [-0.15, -0.1) is 0 Å². The lowest BCUT2D eigenvalue weighted by atomic mass is 9.92. The largest absolute Gasteiger partial charge is 0.0654 e. The Labute approximate surface area is 146 Å².